The van der Waals surface area contributed by atoms with E-state index in [0.717, 1.165) is 6.54 Å². The second-order valence-corrected chi connectivity index (χ2v) is 7.31. The van der Waals surface area contributed by atoms with Gasteiger partial charge in [0.1, 0.15) is 0 Å². The van der Waals surface area contributed by atoms with Crippen molar-refractivity contribution in [1.82, 2.24) is 0 Å². The van der Waals surface area contributed by atoms with Crippen LogP contribution in [0.4, 0.5) is 0 Å². The van der Waals surface area contributed by atoms with E-state index in [4.69, 9.17) is 5.73 Å². The highest BCUT2D eigenvalue weighted by molar-refractivity contribution is 4.64. The molecule has 2 N–H and O–H groups in total. The smallest absolute Gasteiger partial charge is 0.00772 e. The molecule has 0 atom stereocenters. The molecule has 1 heteroatoms. The predicted octanol–water partition coefficient (Wildman–Crippen LogP) is 7.58. The molecule has 0 rings (SSSR count). The maximum Gasteiger partial charge on any atom is -0.00772 e. The van der Waals surface area contributed by atoms with Crippen molar-refractivity contribution in [3.63, 3.8) is 0 Å². The second-order valence-electron chi connectivity index (χ2n) is 7.31. The Kier molecular flexibility index (Phi) is 21.9. The van der Waals surface area contributed by atoms with E-state index >= 15 is 0 Å². The average Bonchev–Trinajstić information content (AvgIpc) is 2.57. The maximum atomic E-state index is 5.49. The van der Waals surface area contributed by atoms with Gasteiger partial charge in [0.15, 0.2) is 0 Å². The molecular weight excluding hydrogens is 278 g/mol. The number of hydrogen-bond donors (Lipinski definition) is 1. The van der Waals surface area contributed by atoms with Gasteiger partial charge >= 0.3 is 0 Å². The van der Waals surface area contributed by atoms with E-state index in [0.29, 0.717) is 0 Å². The van der Waals surface area contributed by atoms with Gasteiger partial charge in [0.05, 0.1) is 0 Å². The molecule has 0 heterocycles. The quantitative estimate of drug-likeness (QED) is 0.229. The van der Waals surface area contributed by atoms with Gasteiger partial charge in [0.2, 0.25) is 0 Å². The van der Waals surface area contributed by atoms with Gasteiger partial charge in [-0.05, 0) is 25.8 Å². The van der Waals surface area contributed by atoms with Gasteiger partial charge in [-0.1, -0.05) is 116 Å². The van der Waals surface area contributed by atoms with Crippen LogP contribution in [0, 0.1) is 6.42 Å². The lowest BCUT2D eigenvalue weighted by Gasteiger charge is -2.03. The van der Waals surface area contributed by atoms with Gasteiger partial charge in [0.25, 0.3) is 0 Å². The molecule has 0 aliphatic carbocycles. The molecule has 0 aliphatic rings. The second kappa shape index (κ2) is 22.0. The minimum Gasteiger partial charge on any atom is -0.330 e. The highest BCUT2D eigenvalue weighted by Gasteiger charge is 1.95. The van der Waals surface area contributed by atoms with Crippen molar-refractivity contribution < 1.29 is 0 Å². The van der Waals surface area contributed by atoms with Gasteiger partial charge in [-0.15, -0.1) is 0 Å². The molecule has 0 unspecified atom stereocenters. The van der Waals surface area contributed by atoms with Crippen molar-refractivity contribution >= 4 is 0 Å². The van der Waals surface area contributed by atoms with Crippen molar-refractivity contribution in [3.05, 3.63) is 6.42 Å². The first-order chi connectivity index (χ1) is 11.4. The summed E-state index contributed by atoms with van der Waals surface area (Å²) in [6.07, 6.45) is 29.4. The molecule has 0 amide bonds. The van der Waals surface area contributed by atoms with Crippen LogP contribution in [0.1, 0.15) is 129 Å². The van der Waals surface area contributed by atoms with Crippen molar-refractivity contribution in [2.75, 3.05) is 6.54 Å². The SMILES string of the molecule is CCCCCCCCCCCCCCCCCC[CH]CCCN. The molecule has 0 bridgehead atoms. The largest absolute Gasteiger partial charge is 0.330 e. The molecule has 0 fully saturated rings. The lowest BCUT2D eigenvalue weighted by molar-refractivity contribution is 0.528. The summed E-state index contributed by atoms with van der Waals surface area (Å²) in [6, 6.07) is 0. The number of hydrogen-bond acceptors (Lipinski definition) is 1. The fourth-order valence-corrected chi connectivity index (χ4v) is 3.24. The van der Waals surface area contributed by atoms with E-state index in [9.17, 15) is 0 Å². The van der Waals surface area contributed by atoms with Crippen LogP contribution in [0.5, 0.6) is 0 Å². The van der Waals surface area contributed by atoms with Crippen LogP contribution in [0.2, 0.25) is 0 Å². The number of rotatable bonds is 20. The van der Waals surface area contributed by atoms with Gasteiger partial charge < -0.3 is 5.73 Å². The molecule has 0 aromatic heterocycles. The van der Waals surface area contributed by atoms with E-state index in [-0.39, 0.29) is 0 Å². The fraction of sp³-hybridized carbons (Fsp3) is 0.955. The number of nitrogens with two attached hydrogens (primary N) is 1. The maximum absolute atomic E-state index is 5.49. The van der Waals surface area contributed by atoms with Gasteiger partial charge in [-0.25, -0.2) is 0 Å². The summed E-state index contributed by atoms with van der Waals surface area (Å²) in [5.74, 6) is 0. The molecule has 0 aliphatic heterocycles. The third-order valence-corrected chi connectivity index (χ3v) is 4.87. The molecule has 1 radical (unpaired) electrons. The molecule has 0 spiro atoms. The van der Waals surface area contributed by atoms with E-state index in [1.165, 1.54) is 122 Å². The van der Waals surface area contributed by atoms with Crippen LogP contribution in [0.3, 0.4) is 0 Å². The van der Waals surface area contributed by atoms with Gasteiger partial charge in [-0.2, -0.15) is 0 Å². The van der Waals surface area contributed by atoms with Crippen LogP contribution in [0.15, 0.2) is 0 Å². The topological polar surface area (TPSA) is 26.0 Å². The highest BCUT2D eigenvalue weighted by atomic mass is 14.5. The van der Waals surface area contributed by atoms with Crippen molar-refractivity contribution in [1.29, 1.82) is 0 Å². The first-order valence-corrected chi connectivity index (χ1v) is 10.9. The lowest BCUT2D eigenvalue weighted by Crippen LogP contribution is -1.97. The Balaban J connectivity index is 2.92. The molecule has 0 saturated carbocycles. The predicted molar refractivity (Wildman–Crippen MR) is 107 cm³/mol. The van der Waals surface area contributed by atoms with E-state index in [1.807, 2.05) is 0 Å². The van der Waals surface area contributed by atoms with Gasteiger partial charge in [0, 0.05) is 0 Å². The number of unbranched alkanes of at least 4 members (excludes halogenated alkanes) is 19. The summed E-state index contributed by atoms with van der Waals surface area (Å²) in [6.45, 7) is 3.14. The Morgan fingerprint density at radius 2 is 0.826 bits per heavy atom. The third-order valence-electron chi connectivity index (χ3n) is 4.87. The third kappa shape index (κ3) is 22.0. The zero-order chi connectivity index (χ0) is 16.8. The normalized spacial score (nSPS) is 11.2. The van der Waals surface area contributed by atoms with Crippen LogP contribution in [-0.4, -0.2) is 6.54 Å². The Morgan fingerprint density at radius 1 is 0.478 bits per heavy atom. The van der Waals surface area contributed by atoms with Crippen LogP contribution < -0.4 is 5.73 Å². The summed E-state index contributed by atoms with van der Waals surface area (Å²) < 4.78 is 0. The zero-order valence-corrected chi connectivity index (χ0v) is 16.3. The molecular formula is C22H46N. The average molecular weight is 325 g/mol. The first kappa shape index (κ1) is 23.0. The van der Waals surface area contributed by atoms with Crippen LogP contribution in [-0.2, 0) is 0 Å². The molecule has 139 valence electrons. The molecule has 1 nitrogen and oxygen atoms in total. The highest BCUT2D eigenvalue weighted by Crippen LogP contribution is 2.14. The Hall–Kier alpha value is -0.0400. The Bertz CT molecular complexity index is 170. The monoisotopic (exact) mass is 324 g/mol. The molecule has 23 heavy (non-hydrogen) atoms. The van der Waals surface area contributed by atoms with Crippen molar-refractivity contribution in [2.45, 2.75) is 129 Å². The van der Waals surface area contributed by atoms with E-state index in [1.54, 1.807) is 0 Å². The zero-order valence-electron chi connectivity index (χ0n) is 16.3. The Morgan fingerprint density at radius 3 is 1.22 bits per heavy atom. The molecule has 0 saturated heterocycles. The summed E-state index contributed by atoms with van der Waals surface area (Å²) >= 11 is 0. The summed E-state index contributed by atoms with van der Waals surface area (Å²) in [5.41, 5.74) is 5.49. The van der Waals surface area contributed by atoms with E-state index in [2.05, 4.69) is 13.3 Å². The van der Waals surface area contributed by atoms with Crippen LogP contribution in [0.25, 0.3) is 0 Å². The summed E-state index contributed by atoms with van der Waals surface area (Å²) in [5, 5.41) is 0. The summed E-state index contributed by atoms with van der Waals surface area (Å²) in [7, 11) is 0. The van der Waals surface area contributed by atoms with Crippen molar-refractivity contribution in [2.24, 2.45) is 5.73 Å². The summed E-state index contributed by atoms with van der Waals surface area (Å²) in [4.78, 5) is 0. The fourth-order valence-electron chi connectivity index (χ4n) is 3.24. The van der Waals surface area contributed by atoms with Crippen LogP contribution >= 0.6 is 0 Å². The van der Waals surface area contributed by atoms with Crippen molar-refractivity contribution in [3.8, 4) is 0 Å². The molecule has 0 aromatic rings. The standard InChI is InChI=1S/C22H46N/c1-2-3-4-5-6-7-8-9-10-11-12-13-14-15-16-17-18-19-20-21-22-23/h19H,2-18,20-23H2,1H3. The lowest BCUT2D eigenvalue weighted by atomic mass is 10.0. The molecule has 0 aromatic carbocycles. The van der Waals surface area contributed by atoms with Gasteiger partial charge in [-0.3, -0.25) is 0 Å². The minimum absolute atomic E-state index is 0.843. The minimum atomic E-state index is 0.843. The first-order valence-electron chi connectivity index (χ1n) is 10.9. The Labute approximate surface area is 148 Å². The van der Waals surface area contributed by atoms with E-state index < -0.39 is 0 Å².